The number of carbonyl (C=O) groups is 8. The summed E-state index contributed by atoms with van der Waals surface area (Å²) in [6, 6.07) is 126. The fraction of sp³-hybridized carbons (Fsp3) is 0.00885. The van der Waals surface area contributed by atoms with Gasteiger partial charge in [-0.05, 0) is 332 Å². The largest absolute Gasteiger partial charge is 0.310 e. The van der Waals surface area contributed by atoms with Crippen molar-refractivity contribution in [3.05, 3.63) is 425 Å². The Balaban J connectivity index is 0.816. The van der Waals surface area contributed by atoms with Gasteiger partial charge >= 0.3 is 0 Å². The quantitative estimate of drug-likeness (QED) is 0.0430. The molecule has 20 aromatic rings. The highest BCUT2D eigenvalue weighted by Gasteiger charge is 2.53. The molecule has 0 aliphatic heterocycles. The van der Waals surface area contributed by atoms with Crippen molar-refractivity contribution in [2.24, 2.45) is 0 Å². The zero-order valence-electron chi connectivity index (χ0n) is 70.1. The molecule has 12 aromatic carbocycles. The van der Waals surface area contributed by atoms with Crippen LogP contribution in [-0.2, 0) is 5.41 Å². The summed E-state index contributed by atoms with van der Waals surface area (Å²) in [6.45, 7) is 0. The van der Waals surface area contributed by atoms with Gasteiger partial charge in [-0.15, -0.1) is 90.7 Å². The van der Waals surface area contributed by atoms with E-state index in [1.165, 1.54) is 90.7 Å². The molecule has 12 nitrogen and oxygen atoms in total. The normalized spacial score (nSPS) is 11.9. The summed E-state index contributed by atoms with van der Waals surface area (Å²) in [7, 11) is 0. The molecule has 0 radical (unpaired) electrons. The van der Waals surface area contributed by atoms with E-state index >= 15 is 0 Å². The van der Waals surface area contributed by atoms with Crippen molar-refractivity contribution in [2.45, 2.75) is 5.41 Å². The molecule has 636 valence electrons. The standard InChI is InChI=1S/C113H68N4O8S8/c118-61-89-37-49-105(126-89)69-1-17-77(18-2-69)114(78-19-3-70(4-20-78)106-50-38-90(62-119)127-106)85-33-45-97-98-46-34-86(115(79-21-5-71(6-22-79)107-51-39-91(63-120)128-107)80-23-7-72(8-24-80)108-52-40-92(64-121)129-108)58-102(98)113(101(97)57-85)103-59-87(116(81-25-9-73(10-26-81)109-53-41-93(65-122)130-109)82-27-11-74(12-28-82)110-54-42-94(66-123)131-110)35-47-99(103)100-48-36-88(60-104(100)113)117(83-29-13-75(14-30-83)111-55-43-95(67-124)132-111)84-31-15-76(16-32-84)112-56-44-96(68-125)133-112/h1-68H. The molecule has 0 fully saturated rings. The maximum absolute atomic E-state index is 12.2. The number of carbonyl (C=O) groups excluding carboxylic acids is 8. The van der Waals surface area contributed by atoms with Crippen molar-refractivity contribution in [3.63, 3.8) is 0 Å². The van der Waals surface area contributed by atoms with E-state index in [1.807, 2.05) is 97.1 Å². The molecule has 0 atom stereocenters. The van der Waals surface area contributed by atoms with E-state index in [4.69, 9.17) is 0 Å². The number of hydrogen-bond donors (Lipinski definition) is 0. The van der Waals surface area contributed by atoms with Crippen molar-refractivity contribution in [1.29, 1.82) is 0 Å². The van der Waals surface area contributed by atoms with Gasteiger partial charge in [-0.3, -0.25) is 38.4 Å². The van der Waals surface area contributed by atoms with E-state index in [2.05, 4.69) is 287 Å². The smallest absolute Gasteiger partial charge is 0.160 e. The minimum atomic E-state index is -1.24. The van der Waals surface area contributed by atoms with Gasteiger partial charge in [-0.2, -0.15) is 0 Å². The maximum Gasteiger partial charge on any atom is 0.160 e. The van der Waals surface area contributed by atoms with Crippen molar-refractivity contribution < 1.29 is 38.4 Å². The average Bonchev–Trinajstić information content (AvgIpc) is 1.50. The number of rotatable bonds is 28. The highest BCUT2D eigenvalue weighted by atomic mass is 32.1. The molecule has 0 saturated carbocycles. The highest BCUT2D eigenvalue weighted by Crippen LogP contribution is 2.66. The van der Waals surface area contributed by atoms with Crippen LogP contribution in [0.4, 0.5) is 68.2 Å². The average molecular weight is 1870 g/mol. The Bertz CT molecular complexity index is 6650. The minimum absolute atomic E-state index is 0.630. The highest BCUT2D eigenvalue weighted by molar-refractivity contribution is 7.19. The van der Waals surface area contributed by atoms with Crippen LogP contribution in [0.5, 0.6) is 0 Å². The second-order valence-corrected chi connectivity index (χ2v) is 40.9. The SMILES string of the molecule is O=Cc1ccc(-c2ccc(N(c3ccc(-c4ccc(C=O)s4)cc3)c3ccc4c(c3)C3(c5cc(N(c6ccc(-c7ccc(C=O)s7)cc6)c6ccc(-c7ccc(C=O)s7)cc6)ccc5-4)c4cc(N(c5ccc(-c6ccc(C=O)s6)cc5)c5ccc(-c6ccc(C=O)s6)cc5)ccc4-c4ccc(N(c5ccc(-c6ccc(C=O)s6)cc5)c5ccc(-c6ccc(C=O)s6)cc5)cc43)cc2)s1. The second-order valence-electron chi connectivity index (χ2n) is 31.9. The van der Waals surface area contributed by atoms with Crippen molar-refractivity contribution in [1.82, 2.24) is 0 Å². The molecule has 2 aliphatic carbocycles. The summed E-state index contributed by atoms with van der Waals surface area (Å²) in [6.07, 6.45) is 7.09. The van der Waals surface area contributed by atoms with Crippen LogP contribution >= 0.6 is 90.7 Å². The van der Waals surface area contributed by atoms with Gasteiger partial charge in [0.1, 0.15) is 0 Å². The molecule has 20 heteroatoms. The Morgan fingerprint density at radius 3 is 0.398 bits per heavy atom. The van der Waals surface area contributed by atoms with Crippen molar-refractivity contribution in [3.8, 4) is 106 Å². The predicted molar refractivity (Wildman–Crippen MR) is 551 cm³/mol. The van der Waals surface area contributed by atoms with E-state index in [9.17, 15) is 38.4 Å². The summed E-state index contributed by atoms with van der Waals surface area (Å²) in [5.41, 5.74) is 24.7. The molecule has 0 amide bonds. The van der Waals surface area contributed by atoms with Gasteiger partial charge in [-0.25, -0.2) is 0 Å². The second kappa shape index (κ2) is 35.2. The molecule has 2 aliphatic rings. The molecule has 22 rings (SSSR count). The Labute approximate surface area is 796 Å². The summed E-state index contributed by atoms with van der Waals surface area (Å²) >= 11 is 11.5. The van der Waals surface area contributed by atoms with E-state index in [0.717, 1.165) is 247 Å². The zero-order chi connectivity index (χ0) is 90.0. The number of aldehydes is 8. The van der Waals surface area contributed by atoms with Crippen LogP contribution in [0.15, 0.2) is 364 Å². The van der Waals surface area contributed by atoms with Gasteiger partial charge in [0.25, 0.3) is 0 Å². The molecule has 8 aromatic heterocycles. The van der Waals surface area contributed by atoms with Gasteiger partial charge in [0.2, 0.25) is 0 Å². The van der Waals surface area contributed by atoms with Crippen molar-refractivity contribution >= 4 is 209 Å². The third kappa shape index (κ3) is 15.3. The number of benzene rings is 12. The lowest BCUT2D eigenvalue weighted by Crippen LogP contribution is -2.27. The molecule has 0 bridgehead atoms. The first kappa shape index (κ1) is 83.4. The lowest BCUT2D eigenvalue weighted by atomic mass is 9.70. The Hall–Kier alpha value is -15.2. The first-order valence-corrected chi connectivity index (χ1v) is 49.0. The number of anilines is 12. The van der Waals surface area contributed by atoms with E-state index < -0.39 is 5.41 Å². The summed E-state index contributed by atoms with van der Waals surface area (Å²) in [5.74, 6) is 0. The first-order valence-electron chi connectivity index (χ1n) is 42.5. The van der Waals surface area contributed by atoms with Crippen LogP contribution < -0.4 is 19.6 Å². The lowest BCUT2D eigenvalue weighted by Gasteiger charge is -2.35. The zero-order valence-corrected chi connectivity index (χ0v) is 76.6. The van der Waals surface area contributed by atoms with Crippen LogP contribution in [0.25, 0.3) is 106 Å². The molecular formula is C113H68N4O8S8. The van der Waals surface area contributed by atoms with Crippen LogP contribution in [0.2, 0.25) is 0 Å². The van der Waals surface area contributed by atoms with E-state index in [0.29, 0.717) is 39.0 Å². The molecule has 1 spiro atoms. The third-order valence-electron chi connectivity index (χ3n) is 24.5. The Morgan fingerprint density at radius 2 is 0.278 bits per heavy atom. The predicted octanol–water partition coefficient (Wildman–Crippen LogP) is 32.2. The number of hydrogen-bond acceptors (Lipinski definition) is 20. The topological polar surface area (TPSA) is 150 Å². The number of nitrogens with zero attached hydrogens (tertiary/aromatic N) is 4. The molecule has 0 unspecified atom stereocenters. The number of thiophene rings is 8. The fourth-order valence-electron chi connectivity index (χ4n) is 18.3. The van der Waals surface area contributed by atoms with Gasteiger partial charge in [0.15, 0.2) is 50.3 Å². The fourth-order valence-corrected chi connectivity index (χ4v) is 24.9. The summed E-state index contributed by atoms with van der Waals surface area (Å²) in [4.78, 5) is 120. The lowest BCUT2D eigenvalue weighted by molar-refractivity contribution is 0.111. The molecule has 0 saturated heterocycles. The third-order valence-corrected chi connectivity index (χ3v) is 32.9. The molecule has 133 heavy (non-hydrogen) atoms. The molecule has 0 N–H and O–H groups in total. The minimum Gasteiger partial charge on any atom is -0.310 e. The molecule has 8 heterocycles. The van der Waals surface area contributed by atoms with Gasteiger partial charge in [0.05, 0.1) is 44.4 Å². The van der Waals surface area contributed by atoms with Crippen LogP contribution in [0.1, 0.15) is 99.6 Å². The monoisotopic (exact) mass is 1860 g/mol. The first-order chi connectivity index (χ1) is 65.4. The van der Waals surface area contributed by atoms with E-state index in [1.54, 1.807) is 0 Å². The van der Waals surface area contributed by atoms with Crippen LogP contribution in [0.3, 0.4) is 0 Å². The molecular weight excluding hydrogens is 1800 g/mol. The van der Waals surface area contributed by atoms with Gasteiger partial charge in [-0.1, -0.05) is 121 Å². The van der Waals surface area contributed by atoms with Crippen molar-refractivity contribution in [2.75, 3.05) is 19.6 Å². The van der Waals surface area contributed by atoms with Gasteiger partial charge in [0, 0.05) is 107 Å². The number of fused-ring (bicyclic) bond motifs is 10. The Morgan fingerprint density at radius 1 is 0.150 bits per heavy atom. The maximum atomic E-state index is 12.2. The van der Waals surface area contributed by atoms with Crippen LogP contribution in [0, 0.1) is 0 Å². The Kier molecular flexibility index (Phi) is 22.1. The van der Waals surface area contributed by atoms with E-state index in [-0.39, 0.29) is 0 Å². The summed E-state index contributed by atoms with van der Waals surface area (Å²) in [5, 5.41) is 0. The van der Waals surface area contributed by atoms with Crippen LogP contribution in [-0.4, -0.2) is 50.3 Å². The van der Waals surface area contributed by atoms with Gasteiger partial charge < -0.3 is 19.6 Å². The summed E-state index contributed by atoms with van der Waals surface area (Å²) < 4.78 is 0.